The second kappa shape index (κ2) is 1.81. The van der Waals surface area contributed by atoms with Crippen LogP contribution in [0, 0.1) is 0 Å². The minimum atomic E-state index is -0.280. The molecule has 0 amide bonds. The van der Waals surface area contributed by atoms with Gasteiger partial charge >= 0.3 is 5.97 Å². The molecule has 4 nitrogen and oxygen atoms in total. The molecule has 0 aliphatic carbocycles. The van der Waals surface area contributed by atoms with E-state index in [1.807, 2.05) is 0 Å². The largest absolute Gasteiger partial charge is 0.409 e. The highest BCUT2D eigenvalue weighted by molar-refractivity contribution is 5.89. The maximum absolute atomic E-state index is 10.3. The van der Waals surface area contributed by atoms with Crippen molar-refractivity contribution in [3.63, 3.8) is 0 Å². The molecule has 0 aromatic rings. The summed E-state index contributed by atoms with van der Waals surface area (Å²) in [5, 5.41) is 3.60. The fraction of sp³-hybridized carbons (Fsp3) is 0.500. The van der Waals surface area contributed by atoms with E-state index in [0.717, 1.165) is 0 Å². The van der Waals surface area contributed by atoms with Crippen molar-refractivity contribution >= 4 is 11.9 Å². The highest BCUT2D eigenvalue weighted by Gasteiger charge is 2.07. The molecule has 0 spiro atoms. The molecule has 0 fully saturated rings. The maximum atomic E-state index is 10.3. The Labute approximate surface area is 46.5 Å². The molecule has 0 saturated carbocycles. The van der Waals surface area contributed by atoms with Gasteiger partial charge in [-0.3, -0.25) is 5.43 Å². The minimum absolute atomic E-state index is 0.178. The van der Waals surface area contributed by atoms with Gasteiger partial charge in [-0.25, -0.2) is 4.79 Å². The van der Waals surface area contributed by atoms with Crippen molar-refractivity contribution in [2.24, 2.45) is 5.10 Å². The fourth-order valence-corrected chi connectivity index (χ4v) is 0.439. The first-order chi connectivity index (χ1) is 3.79. The molecule has 44 valence electrons. The van der Waals surface area contributed by atoms with E-state index in [2.05, 4.69) is 15.3 Å². The zero-order valence-electron chi connectivity index (χ0n) is 4.47. The summed E-state index contributed by atoms with van der Waals surface area (Å²) in [7, 11) is 0. The van der Waals surface area contributed by atoms with Crippen molar-refractivity contribution in [2.45, 2.75) is 6.92 Å². The number of nitrogens with one attached hydrogen (secondary N) is 1. The van der Waals surface area contributed by atoms with E-state index in [4.69, 9.17) is 0 Å². The summed E-state index contributed by atoms with van der Waals surface area (Å²) in [4.78, 5) is 10.3. The van der Waals surface area contributed by atoms with Crippen LogP contribution in [0.3, 0.4) is 0 Å². The number of carbonyl (C=O) groups is 1. The van der Waals surface area contributed by atoms with Gasteiger partial charge in [-0.2, -0.15) is 0 Å². The minimum Gasteiger partial charge on any atom is -0.409 e. The number of rotatable bonds is 0. The molecule has 4 heteroatoms. The van der Waals surface area contributed by atoms with E-state index >= 15 is 0 Å². The van der Waals surface area contributed by atoms with Gasteiger partial charge in [0.1, 0.15) is 6.54 Å². The summed E-state index contributed by atoms with van der Waals surface area (Å²) in [5.41, 5.74) is 2.50. The van der Waals surface area contributed by atoms with Crippen molar-refractivity contribution in [1.82, 2.24) is 5.43 Å². The van der Waals surface area contributed by atoms with Gasteiger partial charge < -0.3 is 4.74 Å². The SMILES string of the molecule is CC1=NNCC(=O)O1. The number of ether oxygens (including phenoxy) is 1. The average Bonchev–Trinajstić information content (AvgIpc) is 1.64. The van der Waals surface area contributed by atoms with E-state index in [0.29, 0.717) is 5.90 Å². The highest BCUT2D eigenvalue weighted by Crippen LogP contribution is 1.86. The Morgan fingerprint density at radius 2 is 2.62 bits per heavy atom. The quantitative estimate of drug-likeness (QED) is 0.430. The smallest absolute Gasteiger partial charge is 0.333 e. The third kappa shape index (κ3) is 0.959. The summed E-state index contributed by atoms with van der Waals surface area (Å²) in [6.07, 6.45) is 0. The molecule has 1 N–H and O–H groups in total. The number of hydrogen-bond acceptors (Lipinski definition) is 4. The Bertz CT molecular complexity index is 141. The lowest BCUT2D eigenvalue weighted by Crippen LogP contribution is -2.29. The van der Waals surface area contributed by atoms with Crippen LogP contribution in [0.25, 0.3) is 0 Å². The summed E-state index contributed by atoms with van der Waals surface area (Å²) in [6, 6.07) is 0. The Kier molecular flexibility index (Phi) is 1.15. The molecule has 0 bridgehead atoms. The number of nitrogens with zero attached hydrogens (tertiary/aromatic N) is 1. The first-order valence-electron chi connectivity index (χ1n) is 2.27. The predicted octanol–water partition coefficient (Wildman–Crippen LogP) is -0.534. The van der Waals surface area contributed by atoms with Crippen molar-refractivity contribution in [3.05, 3.63) is 0 Å². The van der Waals surface area contributed by atoms with Crippen LogP contribution >= 0.6 is 0 Å². The molecule has 0 aromatic heterocycles. The number of hydrogen-bond donors (Lipinski definition) is 1. The van der Waals surface area contributed by atoms with E-state index in [9.17, 15) is 4.79 Å². The second-order valence-corrected chi connectivity index (χ2v) is 1.44. The molecule has 0 atom stereocenters. The van der Waals surface area contributed by atoms with Crippen molar-refractivity contribution < 1.29 is 9.53 Å². The Morgan fingerprint density at radius 1 is 1.88 bits per heavy atom. The van der Waals surface area contributed by atoms with E-state index in [1.54, 1.807) is 6.92 Å². The third-order valence-electron chi connectivity index (χ3n) is 0.721. The van der Waals surface area contributed by atoms with Crippen LogP contribution in [0.1, 0.15) is 6.92 Å². The molecule has 0 saturated heterocycles. The molecule has 8 heavy (non-hydrogen) atoms. The zero-order chi connectivity index (χ0) is 5.98. The first kappa shape index (κ1) is 5.08. The van der Waals surface area contributed by atoms with Crippen molar-refractivity contribution in [3.8, 4) is 0 Å². The lowest BCUT2D eigenvalue weighted by molar-refractivity contribution is -0.135. The van der Waals surface area contributed by atoms with Crippen LogP contribution in [0.5, 0.6) is 0 Å². The molecular weight excluding hydrogens is 108 g/mol. The fourth-order valence-electron chi connectivity index (χ4n) is 0.439. The van der Waals surface area contributed by atoms with Gasteiger partial charge in [-0.05, 0) is 0 Å². The highest BCUT2D eigenvalue weighted by atomic mass is 16.5. The van der Waals surface area contributed by atoms with Crippen LogP contribution in [0.4, 0.5) is 0 Å². The van der Waals surface area contributed by atoms with Crippen molar-refractivity contribution in [1.29, 1.82) is 0 Å². The number of hydrazone groups is 1. The van der Waals surface area contributed by atoms with Gasteiger partial charge in [-0.15, -0.1) is 5.10 Å². The van der Waals surface area contributed by atoms with Gasteiger partial charge in [-0.1, -0.05) is 0 Å². The predicted molar refractivity (Wildman–Crippen MR) is 27.2 cm³/mol. The molecule has 0 aromatic carbocycles. The van der Waals surface area contributed by atoms with Gasteiger partial charge in [0.2, 0.25) is 5.90 Å². The normalized spacial score (nSPS) is 18.6. The monoisotopic (exact) mass is 114 g/mol. The summed E-state index contributed by atoms with van der Waals surface area (Å²) in [6.45, 7) is 1.79. The maximum Gasteiger partial charge on any atom is 0.333 e. The molecule has 0 unspecified atom stereocenters. The summed E-state index contributed by atoms with van der Waals surface area (Å²) in [5.74, 6) is 0.0961. The average molecular weight is 114 g/mol. The van der Waals surface area contributed by atoms with Gasteiger partial charge in [0.05, 0.1) is 0 Å². The second-order valence-electron chi connectivity index (χ2n) is 1.44. The molecule has 1 aliphatic heterocycles. The molecule has 1 aliphatic rings. The van der Waals surface area contributed by atoms with Crippen LogP contribution in [-0.4, -0.2) is 18.4 Å². The Morgan fingerprint density at radius 3 is 3.00 bits per heavy atom. The van der Waals surface area contributed by atoms with Gasteiger partial charge in [0.25, 0.3) is 0 Å². The van der Waals surface area contributed by atoms with Gasteiger partial charge in [0.15, 0.2) is 0 Å². The first-order valence-corrected chi connectivity index (χ1v) is 2.27. The van der Waals surface area contributed by atoms with Crippen LogP contribution < -0.4 is 5.43 Å². The van der Waals surface area contributed by atoms with Gasteiger partial charge in [0, 0.05) is 6.92 Å². The topological polar surface area (TPSA) is 50.7 Å². The molecular formula is C4H6N2O2. The van der Waals surface area contributed by atoms with Crippen LogP contribution in [0.2, 0.25) is 0 Å². The third-order valence-corrected chi connectivity index (χ3v) is 0.721. The number of esters is 1. The Balaban J connectivity index is 2.57. The van der Waals surface area contributed by atoms with E-state index < -0.39 is 0 Å². The summed E-state index contributed by atoms with van der Waals surface area (Å²) < 4.78 is 4.53. The molecule has 1 heterocycles. The summed E-state index contributed by atoms with van der Waals surface area (Å²) >= 11 is 0. The molecule has 1 rings (SSSR count). The number of cyclic esters (lactones) is 1. The van der Waals surface area contributed by atoms with Crippen molar-refractivity contribution in [2.75, 3.05) is 6.54 Å². The lowest BCUT2D eigenvalue weighted by atomic mass is 10.6. The molecule has 0 radical (unpaired) electrons. The Hall–Kier alpha value is -1.06. The van der Waals surface area contributed by atoms with Crippen LogP contribution in [-0.2, 0) is 9.53 Å². The van der Waals surface area contributed by atoms with E-state index in [-0.39, 0.29) is 12.5 Å². The van der Waals surface area contributed by atoms with E-state index in [1.165, 1.54) is 0 Å². The van der Waals surface area contributed by atoms with Crippen LogP contribution in [0.15, 0.2) is 5.10 Å². The number of carbonyl (C=O) groups excluding carboxylic acids is 1. The zero-order valence-corrected chi connectivity index (χ0v) is 4.47. The lowest BCUT2D eigenvalue weighted by Gasteiger charge is -2.07. The standard InChI is InChI=1S/C4H6N2O2/c1-3-6-5-2-4(7)8-3/h5H,2H2,1H3.